The van der Waals surface area contributed by atoms with Gasteiger partial charge in [0.2, 0.25) is 11.8 Å². The van der Waals surface area contributed by atoms with Crippen LogP contribution < -0.4 is 11.5 Å². The number of amides is 2. The smallest absolute Gasteiger partial charge is 0.249 e. The zero-order valence-electron chi connectivity index (χ0n) is 9.33. The van der Waals surface area contributed by atoms with Crippen molar-refractivity contribution in [3.05, 3.63) is 47.9 Å². The summed E-state index contributed by atoms with van der Waals surface area (Å²) in [4.78, 5) is 30.4. The molecule has 2 amide bonds. The van der Waals surface area contributed by atoms with Crippen molar-refractivity contribution in [3.63, 3.8) is 0 Å². The van der Waals surface area contributed by atoms with Crippen LogP contribution in [-0.4, -0.2) is 21.8 Å². The maximum atomic E-state index is 11.3. The van der Waals surface area contributed by atoms with E-state index in [9.17, 15) is 9.59 Å². The van der Waals surface area contributed by atoms with Crippen molar-refractivity contribution < 1.29 is 9.59 Å². The fourth-order valence-electron chi connectivity index (χ4n) is 1.54. The molecule has 0 saturated heterocycles. The van der Waals surface area contributed by atoms with Crippen LogP contribution in [0.25, 0.3) is 11.3 Å². The molecule has 90 valence electrons. The number of nitrogens with zero attached hydrogens (tertiary/aromatic N) is 2. The molecule has 2 rings (SSSR count). The van der Waals surface area contributed by atoms with Crippen molar-refractivity contribution in [1.29, 1.82) is 0 Å². The van der Waals surface area contributed by atoms with Crippen molar-refractivity contribution >= 4 is 11.8 Å². The third-order valence-electron chi connectivity index (χ3n) is 2.41. The summed E-state index contributed by atoms with van der Waals surface area (Å²) in [5.41, 5.74) is 11.9. The minimum absolute atomic E-state index is 0.291. The fraction of sp³-hybridized carbons (Fsp3) is 0. The van der Waals surface area contributed by atoms with E-state index in [2.05, 4.69) is 9.97 Å². The molecule has 0 aliphatic heterocycles. The van der Waals surface area contributed by atoms with Crippen molar-refractivity contribution in [2.24, 2.45) is 11.5 Å². The van der Waals surface area contributed by atoms with E-state index >= 15 is 0 Å². The summed E-state index contributed by atoms with van der Waals surface area (Å²) >= 11 is 0. The summed E-state index contributed by atoms with van der Waals surface area (Å²) in [6.45, 7) is 0. The van der Waals surface area contributed by atoms with E-state index in [1.165, 1.54) is 36.8 Å². The van der Waals surface area contributed by atoms with Gasteiger partial charge in [-0.05, 0) is 18.2 Å². The molecular weight excluding hydrogens is 232 g/mol. The largest absolute Gasteiger partial charge is 0.366 e. The van der Waals surface area contributed by atoms with Gasteiger partial charge >= 0.3 is 0 Å². The first-order valence-electron chi connectivity index (χ1n) is 5.09. The lowest BCUT2D eigenvalue weighted by atomic mass is 10.0. The number of hydrogen-bond donors (Lipinski definition) is 2. The van der Waals surface area contributed by atoms with E-state index in [-0.39, 0.29) is 0 Å². The van der Waals surface area contributed by atoms with Crippen LogP contribution >= 0.6 is 0 Å². The molecule has 0 saturated carbocycles. The monoisotopic (exact) mass is 242 g/mol. The Kier molecular flexibility index (Phi) is 3.01. The zero-order chi connectivity index (χ0) is 13.1. The van der Waals surface area contributed by atoms with E-state index in [4.69, 9.17) is 11.5 Å². The van der Waals surface area contributed by atoms with Crippen molar-refractivity contribution in [2.45, 2.75) is 0 Å². The van der Waals surface area contributed by atoms with Crippen molar-refractivity contribution in [2.75, 3.05) is 0 Å². The first-order valence-corrected chi connectivity index (χ1v) is 5.09. The average molecular weight is 242 g/mol. The highest BCUT2D eigenvalue weighted by Gasteiger charge is 2.12. The average Bonchev–Trinajstić information content (AvgIpc) is 2.39. The molecule has 0 spiro atoms. The van der Waals surface area contributed by atoms with Gasteiger partial charge in [0.25, 0.3) is 0 Å². The van der Waals surface area contributed by atoms with Gasteiger partial charge in [0.05, 0.1) is 11.3 Å². The van der Waals surface area contributed by atoms with Gasteiger partial charge in [-0.25, -0.2) is 0 Å². The maximum Gasteiger partial charge on any atom is 0.249 e. The first kappa shape index (κ1) is 11.7. The van der Waals surface area contributed by atoms with Crippen LogP contribution in [0.1, 0.15) is 20.7 Å². The minimum Gasteiger partial charge on any atom is -0.366 e. The third kappa shape index (κ3) is 2.17. The fourth-order valence-corrected chi connectivity index (χ4v) is 1.54. The number of primary amides is 2. The second-order valence-corrected chi connectivity index (χ2v) is 3.58. The van der Waals surface area contributed by atoms with Crippen LogP contribution in [0.4, 0.5) is 0 Å². The van der Waals surface area contributed by atoms with Gasteiger partial charge in [0.15, 0.2) is 0 Å². The van der Waals surface area contributed by atoms with E-state index in [1.807, 2.05) is 0 Å². The molecule has 4 N–H and O–H groups in total. The summed E-state index contributed by atoms with van der Waals surface area (Å²) in [6, 6.07) is 4.48. The summed E-state index contributed by atoms with van der Waals surface area (Å²) in [5, 5.41) is 0. The molecule has 2 aromatic rings. The molecule has 0 aromatic carbocycles. The van der Waals surface area contributed by atoms with E-state index in [0.717, 1.165) is 0 Å². The molecular formula is C12H10N4O2. The number of rotatable bonds is 3. The number of hydrogen-bond acceptors (Lipinski definition) is 4. The number of aromatic nitrogens is 2. The van der Waals surface area contributed by atoms with Gasteiger partial charge in [-0.1, -0.05) is 0 Å². The van der Waals surface area contributed by atoms with Crippen LogP contribution in [0.5, 0.6) is 0 Å². The number of carbonyl (C=O) groups excluding carboxylic acids is 2. The highest BCUT2D eigenvalue weighted by atomic mass is 16.1. The number of carbonyl (C=O) groups is 2. The van der Waals surface area contributed by atoms with Gasteiger partial charge in [-0.2, -0.15) is 0 Å². The highest BCUT2D eigenvalue weighted by Crippen LogP contribution is 2.20. The molecule has 0 aliphatic rings. The third-order valence-corrected chi connectivity index (χ3v) is 2.41. The quantitative estimate of drug-likeness (QED) is 0.808. The standard InChI is InChI=1S/C12H10N4O2/c13-11(17)7-1-4-16-10(5-7)9-6-15-3-2-8(9)12(14)18/h1-6H,(H2,13,17)(H2,14,18). The van der Waals surface area contributed by atoms with Gasteiger partial charge in [-0.15, -0.1) is 0 Å². The SMILES string of the molecule is NC(=O)c1ccnc(-c2cnccc2C(N)=O)c1. The minimum atomic E-state index is -0.585. The van der Waals surface area contributed by atoms with Gasteiger partial charge < -0.3 is 11.5 Å². The Hall–Kier alpha value is -2.76. The Morgan fingerprint density at radius 1 is 1.06 bits per heavy atom. The second kappa shape index (κ2) is 4.62. The first-order chi connectivity index (χ1) is 8.59. The Morgan fingerprint density at radius 3 is 2.50 bits per heavy atom. The van der Waals surface area contributed by atoms with Crippen LogP contribution in [0.2, 0.25) is 0 Å². The van der Waals surface area contributed by atoms with E-state index in [0.29, 0.717) is 22.4 Å². The zero-order valence-corrected chi connectivity index (χ0v) is 9.33. The van der Waals surface area contributed by atoms with Crippen LogP contribution in [-0.2, 0) is 0 Å². The Bertz CT molecular complexity index is 625. The molecule has 0 bridgehead atoms. The lowest BCUT2D eigenvalue weighted by Gasteiger charge is -2.05. The molecule has 6 nitrogen and oxygen atoms in total. The molecule has 2 heterocycles. The predicted octanol–water partition coefficient (Wildman–Crippen LogP) is 0.341. The molecule has 2 aromatic heterocycles. The van der Waals surface area contributed by atoms with E-state index < -0.39 is 11.8 Å². The summed E-state index contributed by atoms with van der Waals surface area (Å²) in [5.74, 6) is -1.15. The molecule has 0 aliphatic carbocycles. The molecule has 0 unspecified atom stereocenters. The molecule has 18 heavy (non-hydrogen) atoms. The van der Waals surface area contributed by atoms with Gasteiger partial charge in [0, 0.05) is 29.7 Å². The molecule has 6 heteroatoms. The summed E-state index contributed by atoms with van der Waals surface area (Å²) in [6.07, 6.45) is 4.36. The van der Waals surface area contributed by atoms with Gasteiger partial charge in [-0.3, -0.25) is 19.6 Å². The molecule has 0 fully saturated rings. The Labute approximate surface area is 103 Å². The Balaban J connectivity index is 2.58. The van der Waals surface area contributed by atoms with Crippen molar-refractivity contribution in [1.82, 2.24) is 9.97 Å². The lowest BCUT2D eigenvalue weighted by Crippen LogP contribution is -2.14. The molecule has 0 radical (unpaired) electrons. The molecule has 0 atom stereocenters. The number of pyridine rings is 2. The van der Waals surface area contributed by atoms with Gasteiger partial charge in [0.1, 0.15) is 0 Å². The second-order valence-electron chi connectivity index (χ2n) is 3.58. The maximum absolute atomic E-state index is 11.3. The lowest BCUT2D eigenvalue weighted by molar-refractivity contribution is 0.0992. The summed E-state index contributed by atoms with van der Waals surface area (Å²) in [7, 11) is 0. The van der Waals surface area contributed by atoms with Crippen LogP contribution in [0.15, 0.2) is 36.8 Å². The normalized spacial score (nSPS) is 10.0. The van der Waals surface area contributed by atoms with Crippen LogP contribution in [0.3, 0.4) is 0 Å². The Morgan fingerprint density at radius 2 is 1.83 bits per heavy atom. The van der Waals surface area contributed by atoms with E-state index in [1.54, 1.807) is 0 Å². The highest BCUT2D eigenvalue weighted by molar-refractivity contribution is 6.00. The van der Waals surface area contributed by atoms with Crippen LogP contribution in [0, 0.1) is 0 Å². The predicted molar refractivity (Wildman–Crippen MR) is 64.5 cm³/mol. The summed E-state index contributed by atoms with van der Waals surface area (Å²) < 4.78 is 0. The topological polar surface area (TPSA) is 112 Å². The number of nitrogens with two attached hydrogens (primary N) is 2. The van der Waals surface area contributed by atoms with Crippen molar-refractivity contribution in [3.8, 4) is 11.3 Å².